The average Bonchev–Trinajstić information content (AvgIpc) is 2.16. The number of aryl methyl sites for hydroxylation is 1. The Morgan fingerprint density at radius 2 is 1.87 bits per heavy atom. The molecule has 0 aliphatic heterocycles. The highest BCUT2D eigenvalue weighted by Crippen LogP contribution is 2.21. The van der Waals surface area contributed by atoms with Crippen molar-refractivity contribution in [2.24, 2.45) is 11.7 Å². The monoisotopic (exact) mass is 207 g/mol. The van der Waals surface area contributed by atoms with Gasteiger partial charge in [-0.3, -0.25) is 0 Å². The zero-order valence-electron chi connectivity index (χ0n) is 9.77. The van der Waals surface area contributed by atoms with Crippen LogP contribution in [0.15, 0.2) is 24.3 Å². The van der Waals surface area contributed by atoms with Crippen molar-refractivity contribution in [2.75, 3.05) is 0 Å². The Bertz CT molecular complexity index is 309. The topological polar surface area (TPSA) is 46.2 Å². The van der Waals surface area contributed by atoms with Crippen molar-refractivity contribution in [3.8, 4) is 0 Å². The highest BCUT2D eigenvalue weighted by molar-refractivity contribution is 5.29. The summed E-state index contributed by atoms with van der Waals surface area (Å²) in [6.07, 6.45) is 0.293. The van der Waals surface area contributed by atoms with Gasteiger partial charge in [0, 0.05) is 0 Å². The van der Waals surface area contributed by atoms with Gasteiger partial charge in [0.2, 0.25) is 0 Å². The van der Waals surface area contributed by atoms with Crippen LogP contribution in [0.4, 0.5) is 0 Å². The van der Waals surface area contributed by atoms with E-state index in [0.717, 1.165) is 17.5 Å². The minimum absolute atomic E-state index is 0.270. The van der Waals surface area contributed by atoms with Crippen molar-refractivity contribution in [3.63, 3.8) is 0 Å². The Kier molecular flexibility index (Phi) is 4.30. The molecule has 0 saturated heterocycles. The molecule has 0 amide bonds. The molecule has 1 rings (SSSR count). The summed E-state index contributed by atoms with van der Waals surface area (Å²) in [6, 6.07) is 7.69. The van der Waals surface area contributed by atoms with Gasteiger partial charge in [0.1, 0.15) is 0 Å². The molecule has 0 radical (unpaired) electrons. The molecule has 3 N–H and O–H groups in total. The first kappa shape index (κ1) is 12.2. The van der Waals surface area contributed by atoms with Gasteiger partial charge in [-0.15, -0.1) is 0 Å². The molecule has 1 aromatic rings. The van der Waals surface area contributed by atoms with Gasteiger partial charge < -0.3 is 10.8 Å². The number of rotatable bonds is 4. The predicted octanol–water partition coefficient (Wildman–Crippen LogP) is 2.40. The van der Waals surface area contributed by atoms with Crippen molar-refractivity contribution in [3.05, 3.63) is 35.4 Å². The molecule has 15 heavy (non-hydrogen) atoms. The number of hydrogen-bond donors (Lipinski definition) is 2. The summed E-state index contributed by atoms with van der Waals surface area (Å²) < 4.78 is 0. The third-order valence-electron chi connectivity index (χ3n) is 2.68. The molecule has 0 aromatic heterocycles. The minimum Gasteiger partial charge on any atom is -0.391 e. The lowest BCUT2D eigenvalue weighted by Crippen LogP contribution is -2.28. The number of aliphatic hydroxyl groups is 1. The second-order valence-electron chi connectivity index (χ2n) is 4.58. The normalized spacial score (nSPS) is 15.3. The zero-order chi connectivity index (χ0) is 11.4. The van der Waals surface area contributed by atoms with Gasteiger partial charge in [0.05, 0.1) is 12.1 Å². The predicted molar refractivity (Wildman–Crippen MR) is 63.6 cm³/mol. The summed E-state index contributed by atoms with van der Waals surface area (Å²) in [7, 11) is 0. The summed E-state index contributed by atoms with van der Waals surface area (Å²) in [6.45, 7) is 6.21. The van der Waals surface area contributed by atoms with Crippen molar-refractivity contribution >= 4 is 0 Å². The first-order valence-electron chi connectivity index (χ1n) is 5.51. The molecular formula is C13H21NO. The molecule has 0 aliphatic rings. The van der Waals surface area contributed by atoms with Gasteiger partial charge in [-0.2, -0.15) is 0 Å². The van der Waals surface area contributed by atoms with Gasteiger partial charge in [-0.05, 0) is 30.4 Å². The molecule has 0 heterocycles. The van der Waals surface area contributed by atoms with E-state index in [-0.39, 0.29) is 6.04 Å². The largest absolute Gasteiger partial charge is 0.391 e. The van der Waals surface area contributed by atoms with Gasteiger partial charge >= 0.3 is 0 Å². The fourth-order valence-electron chi connectivity index (χ4n) is 1.80. The fourth-order valence-corrected chi connectivity index (χ4v) is 1.80. The van der Waals surface area contributed by atoms with Crippen LogP contribution < -0.4 is 5.73 Å². The molecule has 84 valence electrons. The van der Waals surface area contributed by atoms with E-state index in [0.29, 0.717) is 5.92 Å². The third-order valence-corrected chi connectivity index (χ3v) is 2.68. The van der Waals surface area contributed by atoms with Gasteiger partial charge in [-0.1, -0.05) is 38.1 Å². The van der Waals surface area contributed by atoms with Crippen LogP contribution in [0.1, 0.15) is 37.4 Å². The van der Waals surface area contributed by atoms with Crippen molar-refractivity contribution in [2.45, 2.75) is 39.3 Å². The van der Waals surface area contributed by atoms with E-state index in [9.17, 15) is 5.11 Å². The molecule has 1 aromatic carbocycles. The van der Waals surface area contributed by atoms with Crippen LogP contribution in [0, 0.1) is 12.8 Å². The second-order valence-corrected chi connectivity index (χ2v) is 4.58. The smallest absolute Gasteiger partial charge is 0.0735 e. The Morgan fingerprint density at radius 3 is 2.40 bits per heavy atom. The first-order valence-corrected chi connectivity index (χ1v) is 5.51. The zero-order valence-corrected chi connectivity index (χ0v) is 9.77. The van der Waals surface area contributed by atoms with Crippen LogP contribution in [-0.4, -0.2) is 11.2 Å². The molecule has 2 nitrogen and oxygen atoms in total. The molecular weight excluding hydrogens is 186 g/mol. The second kappa shape index (κ2) is 5.29. The number of aliphatic hydroxyl groups excluding tert-OH is 1. The van der Waals surface area contributed by atoms with Gasteiger partial charge in [-0.25, -0.2) is 0 Å². The highest BCUT2D eigenvalue weighted by Gasteiger charge is 2.18. The van der Waals surface area contributed by atoms with E-state index in [1.54, 1.807) is 0 Å². The quantitative estimate of drug-likeness (QED) is 0.796. The maximum absolute atomic E-state index is 9.94. The lowest BCUT2D eigenvalue weighted by atomic mass is 9.93. The number of nitrogens with two attached hydrogens (primary N) is 1. The fraction of sp³-hybridized carbons (Fsp3) is 0.538. The standard InChI is InChI=1S/C13H21NO/c1-9(2)8-12(15)13(14)11-7-5-4-6-10(11)3/h4-7,9,12-13,15H,8,14H2,1-3H3/t12-,13+/m0/s1. The Labute approximate surface area is 92.1 Å². The third kappa shape index (κ3) is 3.33. The lowest BCUT2D eigenvalue weighted by Gasteiger charge is -2.22. The van der Waals surface area contributed by atoms with E-state index in [2.05, 4.69) is 13.8 Å². The molecule has 0 unspecified atom stereocenters. The van der Waals surface area contributed by atoms with Crippen molar-refractivity contribution in [1.29, 1.82) is 0 Å². The van der Waals surface area contributed by atoms with E-state index in [1.165, 1.54) is 0 Å². The number of hydrogen-bond acceptors (Lipinski definition) is 2. The number of benzene rings is 1. The molecule has 2 heteroatoms. The maximum Gasteiger partial charge on any atom is 0.0735 e. The van der Waals surface area contributed by atoms with Crippen molar-refractivity contribution in [1.82, 2.24) is 0 Å². The van der Waals surface area contributed by atoms with Gasteiger partial charge in [0.15, 0.2) is 0 Å². The van der Waals surface area contributed by atoms with E-state index < -0.39 is 6.10 Å². The van der Waals surface area contributed by atoms with Crippen LogP contribution in [0.3, 0.4) is 0 Å². The molecule has 0 bridgehead atoms. The Morgan fingerprint density at radius 1 is 1.27 bits per heavy atom. The molecule has 0 saturated carbocycles. The average molecular weight is 207 g/mol. The Hall–Kier alpha value is -0.860. The summed E-state index contributed by atoms with van der Waals surface area (Å²) in [5, 5.41) is 9.94. The van der Waals surface area contributed by atoms with Crippen LogP contribution in [0.5, 0.6) is 0 Å². The summed E-state index contributed by atoms with van der Waals surface area (Å²) in [5.41, 5.74) is 8.23. The van der Waals surface area contributed by atoms with E-state index >= 15 is 0 Å². The molecule has 0 spiro atoms. The summed E-state index contributed by atoms with van der Waals surface area (Å²) in [4.78, 5) is 0. The first-order chi connectivity index (χ1) is 7.02. The summed E-state index contributed by atoms with van der Waals surface area (Å²) in [5.74, 6) is 0.468. The summed E-state index contributed by atoms with van der Waals surface area (Å²) >= 11 is 0. The molecule has 0 aliphatic carbocycles. The van der Waals surface area contributed by atoms with Crippen molar-refractivity contribution < 1.29 is 5.11 Å². The molecule has 0 fully saturated rings. The van der Waals surface area contributed by atoms with E-state index in [4.69, 9.17) is 5.73 Å². The minimum atomic E-state index is -0.453. The molecule has 2 atom stereocenters. The highest BCUT2D eigenvalue weighted by atomic mass is 16.3. The Balaban J connectivity index is 2.76. The van der Waals surface area contributed by atoms with Crippen LogP contribution in [0.25, 0.3) is 0 Å². The SMILES string of the molecule is Cc1ccccc1[C@@H](N)[C@@H](O)CC(C)C. The lowest BCUT2D eigenvalue weighted by molar-refractivity contribution is 0.121. The van der Waals surface area contributed by atoms with Crippen LogP contribution >= 0.6 is 0 Å². The van der Waals surface area contributed by atoms with E-state index in [1.807, 2.05) is 31.2 Å². The van der Waals surface area contributed by atoms with Crippen LogP contribution in [0.2, 0.25) is 0 Å². The maximum atomic E-state index is 9.94. The van der Waals surface area contributed by atoms with Crippen LogP contribution in [-0.2, 0) is 0 Å². The van der Waals surface area contributed by atoms with Gasteiger partial charge in [0.25, 0.3) is 0 Å².